The molecule has 1 fully saturated rings. The summed E-state index contributed by atoms with van der Waals surface area (Å²) in [6.07, 6.45) is 18.9. The number of amides is 2. The molecule has 436 valence electrons. The number of aromatic nitrogens is 4. The number of aliphatic hydroxyl groups is 2. The average Bonchev–Trinajstić information content (AvgIpc) is 3.90. The molecule has 3 rings (SSSR count). The minimum Gasteiger partial charge on any atom is -0.386 e. The number of nitrogens with zero attached hydrogens (tertiary/aromatic N) is 4. The van der Waals surface area contributed by atoms with Crippen LogP contribution in [0.3, 0.4) is 0 Å². The fourth-order valence-corrected chi connectivity index (χ4v) is 12.3. The van der Waals surface area contributed by atoms with Crippen molar-refractivity contribution in [1.29, 1.82) is 0 Å². The van der Waals surface area contributed by atoms with Crippen LogP contribution >= 0.6 is 35.2 Å². The Balaban J connectivity index is 1.28. The van der Waals surface area contributed by atoms with Crippen LogP contribution < -0.4 is 16.4 Å². The van der Waals surface area contributed by atoms with Crippen LogP contribution in [-0.4, -0.2) is 123 Å². The molecule has 1 aliphatic rings. The van der Waals surface area contributed by atoms with Crippen molar-refractivity contribution in [3.63, 3.8) is 0 Å². The highest BCUT2D eigenvalue weighted by atomic mass is 32.2. The Bertz CT molecular complexity index is 2270. The maximum atomic E-state index is 12.8. The third kappa shape index (κ3) is 25.6. The van der Waals surface area contributed by atoms with Gasteiger partial charge in [0.15, 0.2) is 17.7 Å². The zero-order chi connectivity index (χ0) is 56.5. The molecular weight excluding hydrogens is 1070 g/mol. The lowest BCUT2D eigenvalue weighted by molar-refractivity contribution is -0.137. The number of ether oxygens (including phenoxy) is 1. The third-order valence-electron chi connectivity index (χ3n) is 12.9. The monoisotopic (exact) mass is 1160 g/mol. The first-order valence-corrected chi connectivity index (χ1v) is 32.0. The number of phosphoric ester groups is 3. The average molecular weight is 1160 g/mol. The van der Waals surface area contributed by atoms with Crippen molar-refractivity contribution < 1.29 is 80.5 Å². The van der Waals surface area contributed by atoms with Gasteiger partial charge in [0.1, 0.15) is 36.3 Å². The van der Waals surface area contributed by atoms with Crippen LogP contribution in [0, 0.1) is 17.3 Å². The number of aliphatic hydroxyl groups excluding tert-OH is 2. The summed E-state index contributed by atoms with van der Waals surface area (Å²) >= 11 is 1.10. The van der Waals surface area contributed by atoms with Crippen molar-refractivity contribution in [2.45, 2.75) is 194 Å². The first-order chi connectivity index (χ1) is 35.8. The van der Waals surface area contributed by atoms with E-state index in [-0.39, 0.29) is 47.5 Å². The number of hydrogen-bond acceptors (Lipinski definition) is 18. The van der Waals surface area contributed by atoms with Gasteiger partial charge in [-0.1, -0.05) is 162 Å². The number of fused-ring (bicyclic) bond motifs is 1. The van der Waals surface area contributed by atoms with Crippen LogP contribution in [0.15, 0.2) is 24.3 Å². The second kappa shape index (κ2) is 33.8. The Labute approximate surface area is 451 Å². The van der Waals surface area contributed by atoms with Gasteiger partial charge in [0.05, 0.1) is 19.5 Å². The molecule has 0 saturated carbocycles. The number of phosphoric acid groups is 3. The molecule has 76 heavy (non-hydrogen) atoms. The standard InChI is InChI=1S/C48H86N7O17P3S/c1-7-8-9-10-11-12-13-14-15-16-17-18-19-20-21-22-23-34(2)28-35(3)29-36(4)47(60)76-27-26-50-38(56)24-25-51-45(59)42(58)48(5,6)31-69-75(66,67)72-74(64,65)68-30-37-41(71-73(61,62)63)40(57)46(70-37)55-33-54-39-43(49)52-32-53-44(39)55/h29,32-35,37,40-42,46,57-58H,7-28,30-31H2,1-6H3,(H,50,56)(H,51,59)(H,64,65)(H,66,67)(H2,49,52,53)(H2,61,62,63)/b36-29+/t34-,35-,37+,40+,41+,42-,46+/m0/s1. The number of nitrogens with two attached hydrogens (primary N) is 1. The molecule has 1 saturated heterocycles. The third-order valence-corrected chi connectivity index (χ3v) is 17.0. The van der Waals surface area contributed by atoms with Crippen molar-refractivity contribution >= 4 is 69.1 Å². The van der Waals surface area contributed by atoms with Crippen molar-refractivity contribution in [3.05, 3.63) is 24.3 Å². The Morgan fingerprint density at radius 1 is 0.868 bits per heavy atom. The Morgan fingerprint density at radius 2 is 1.45 bits per heavy atom. The molecule has 2 aromatic heterocycles. The molecule has 2 aromatic rings. The van der Waals surface area contributed by atoms with Gasteiger partial charge in [-0.2, -0.15) is 4.31 Å². The molecule has 10 N–H and O–H groups in total. The molecule has 1 aliphatic heterocycles. The number of nitrogen functional groups attached to an aromatic ring is 1. The van der Waals surface area contributed by atoms with Gasteiger partial charge in [-0.05, 0) is 30.8 Å². The lowest BCUT2D eigenvalue weighted by Crippen LogP contribution is -2.46. The highest BCUT2D eigenvalue weighted by molar-refractivity contribution is 8.14. The van der Waals surface area contributed by atoms with Crippen LogP contribution in [0.2, 0.25) is 0 Å². The molecule has 2 unspecified atom stereocenters. The summed E-state index contributed by atoms with van der Waals surface area (Å²) in [6, 6.07) is 0. The van der Waals surface area contributed by atoms with Gasteiger partial charge in [-0.25, -0.2) is 28.6 Å². The van der Waals surface area contributed by atoms with E-state index in [1.165, 1.54) is 123 Å². The zero-order valence-corrected chi connectivity index (χ0v) is 48.5. The van der Waals surface area contributed by atoms with Gasteiger partial charge < -0.3 is 50.9 Å². The molecule has 0 radical (unpaired) electrons. The number of carbonyl (C=O) groups is 3. The van der Waals surface area contributed by atoms with Crippen LogP contribution in [0.5, 0.6) is 0 Å². The van der Waals surface area contributed by atoms with E-state index < -0.39 is 84.6 Å². The van der Waals surface area contributed by atoms with Crippen LogP contribution in [0.25, 0.3) is 11.2 Å². The van der Waals surface area contributed by atoms with Crippen molar-refractivity contribution in [1.82, 2.24) is 30.2 Å². The quantitative estimate of drug-likeness (QED) is 0.0174. The highest BCUT2D eigenvalue weighted by Gasteiger charge is 2.50. The van der Waals surface area contributed by atoms with Crippen molar-refractivity contribution in [3.8, 4) is 0 Å². The smallest absolute Gasteiger partial charge is 0.386 e. The van der Waals surface area contributed by atoms with Gasteiger partial charge in [0, 0.05) is 30.7 Å². The van der Waals surface area contributed by atoms with Gasteiger partial charge in [0.25, 0.3) is 0 Å². The normalized spacial score (nSPS) is 20.2. The first-order valence-electron chi connectivity index (χ1n) is 26.5. The second-order valence-corrected chi connectivity index (χ2v) is 25.8. The van der Waals surface area contributed by atoms with Gasteiger partial charge in [-0.3, -0.25) is 32.5 Å². The van der Waals surface area contributed by atoms with Crippen molar-refractivity contribution in [2.75, 3.05) is 37.8 Å². The van der Waals surface area contributed by atoms with E-state index in [1.54, 1.807) is 6.92 Å². The maximum absolute atomic E-state index is 12.8. The van der Waals surface area contributed by atoms with Crippen molar-refractivity contribution in [2.24, 2.45) is 17.3 Å². The number of imidazole rings is 1. The van der Waals surface area contributed by atoms with E-state index in [1.807, 2.05) is 6.08 Å². The summed E-state index contributed by atoms with van der Waals surface area (Å²) in [7, 11) is -16.4. The van der Waals surface area contributed by atoms with E-state index in [9.17, 15) is 57.9 Å². The van der Waals surface area contributed by atoms with Gasteiger partial charge in [0.2, 0.25) is 16.9 Å². The molecule has 0 spiro atoms. The van der Waals surface area contributed by atoms with Gasteiger partial charge >= 0.3 is 23.5 Å². The molecule has 28 heteroatoms. The van der Waals surface area contributed by atoms with E-state index in [2.05, 4.69) is 55.2 Å². The minimum atomic E-state index is -5.59. The number of unbranched alkanes of at least 4 members (excludes halogenated alkanes) is 15. The van der Waals surface area contributed by atoms with E-state index in [0.717, 1.165) is 35.4 Å². The van der Waals surface area contributed by atoms with Gasteiger partial charge in [-0.15, -0.1) is 0 Å². The summed E-state index contributed by atoms with van der Waals surface area (Å²) in [5.41, 5.74) is 4.96. The Morgan fingerprint density at radius 3 is 2.04 bits per heavy atom. The summed E-state index contributed by atoms with van der Waals surface area (Å²) in [5, 5.41) is 26.7. The van der Waals surface area contributed by atoms with Crippen LogP contribution in [-0.2, 0) is 50.7 Å². The molecule has 9 atom stereocenters. The number of anilines is 1. The highest BCUT2D eigenvalue weighted by Crippen LogP contribution is 2.61. The maximum Gasteiger partial charge on any atom is 0.481 e. The topological polar surface area (TPSA) is 364 Å². The molecule has 0 aliphatic carbocycles. The lowest BCUT2D eigenvalue weighted by atomic mass is 9.87. The number of rotatable bonds is 40. The van der Waals surface area contributed by atoms with E-state index >= 15 is 0 Å². The molecule has 0 aromatic carbocycles. The van der Waals surface area contributed by atoms with Crippen LogP contribution in [0.4, 0.5) is 5.82 Å². The van der Waals surface area contributed by atoms with Crippen LogP contribution in [0.1, 0.15) is 170 Å². The molecule has 3 heterocycles. The second-order valence-electron chi connectivity index (χ2n) is 20.5. The Hall–Kier alpha value is -2.70. The summed E-state index contributed by atoms with van der Waals surface area (Å²) < 4.78 is 62.7. The predicted molar refractivity (Wildman–Crippen MR) is 288 cm³/mol. The first kappa shape index (κ1) is 67.6. The SMILES string of the molecule is CCCCCCCCCCCCCCCCCC[C@H](C)C[C@H](C)/C=C(\C)C(=O)SCCNC(=O)CCNC(=O)[C@H](O)C(C)(C)COP(=O)(O)OP(=O)(O)OC[C@H]1O[C@@H](n2cnc3c(N)ncnc32)[C@H](O)[C@@H]1OP(=O)(O)O. The summed E-state index contributed by atoms with van der Waals surface area (Å²) in [4.78, 5) is 89.4. The summed E-state index contributed by atoms with van der Waals surface area (Å²) in [6.45, 7) is 9.00. The number of thioether (sulfide) groups is 1. The fraction of sp³-hybridized carbons (Fsp3) is 0.792. The van der Waals surface area contributed by atoms with E-state index in [0.29, 0.717) is 17.2 Å². The molecule has 0 bridgehead atoms. The number of hydrogen-bond donors (Lipinski definition) is 9. The molecule has 2 amide bonds. The van der Waals surface area contributed by atoms with E-state index in [4.69, 9.17) is 19.5 Å². The molecule has 24 nitrogen and oxygen atoms in total. The number of nitrogens with one attached hydrogen (secondary N) is 2. The zero-order valence-electron chi connectivity index (χ0n) is 45.0. The fourth-order valence-electron chi connectivity index (χ4n) is 8.74. The Kier molecular flexibility index (Phi) is 30.0. The summed E-state index contributed by atoms with van der Waals surface area (Å²) in [5.74, 6) is -0.273. The lowest BCUT2D eigenvalue weighted by Gasteiger charge is -2.30. The minimum absolute atomic E-state index is 0.0327. The number of carbonyl (C=O) groups excluding carboxylic acids is 3. The predicted octanol–water partition coefficient (Wildman–Crippen LogP) is 7.92. The molecular formula is C48H86N7O17P3S. The largest absolute Gasteiger partial charge is 0.481 e. The number of allylic oxidation sites excluding steroid dienone is 1.